The molecule has 2 N–H and O–H groups in total. The van der Waals surface area contributed by atoms with Gasteiger partial charge in [-0.25, -0.2) is 4.79 Å². The highest BCUT2D eigenvalue weighted by Crippen LogP contribution is 2.19. The molecule has 0 spiro atoms. The molecule has 30 heavy (non-hydrogen) atoms. The van der Waals surface area contributed by atoms with E-state index in [9.17, 15) is 14.4 Å². The second-order valence-electron chi connectivity index (χ2n) is 7.77. The zero-order valence-corrected chi connectivity index (χ0v) is 17.7. The van der Waals surface area contributed by atoms with Crippen LogP contribution in [0.4, 0.5) is 0 Å². The Labute approximate surface area is 176 Å². The molecule has 8 heteroatoms. The van der Waals surface area contributed by atoms with Gasteiger partial charge in [0.25, 0.3) is 5.91 Å². The van der Waals surface area contributed by atoms with E-state index < -0.39 is 30.4 Å². The van der Waals surface area contributed by atoms with Crippen LogP contribution < -0.4 is 5.73 Å². The summed E-state index contributed by atoms with van der Waals surface area (Å²) in [5.74, 6) is -1.53. The lowest BCUT2D eigenvalue weighted by Crippen LogP contribution is -2.51. The van der Waals surface area contributed by atoms with Crippen molar-refractivity contribution in [2.24, 2.45) is 5.73 Å². The zero-order chi connectivity index (χ0) is 21.8. The van der Waals surface area contributed by atoms with Gasteiger partial charge in [0, 0.05) is 6.54 Å². The number of nitrogens with two attached hydrogens (primary N) is 1. The van der Waals surface area contributed by atoms with Gasteiger partial charge in [-0.2, -0.15) is 5.10 Å². The molecular formula is C22H28N4O4. The molecule has 1 saturated heterocycles. The van der Waals surface area contributed by atoms with Crippen molar-refractivity contribution in [2.75, 3.05) is 13.2 Å². The second kappa shape index (κ2) is 9.11. The molecule has 0 aliphatic carbocycles. The molecule has 1 atom stereocenters. The third-order valence-corrected chi connectivity index (χ3v) is 5.52. The van der Waals surface area contributed by atoms with E-state index in [0.717, 1.165) is 18.4 Å². The number of aryl methyl sites for hydroxylation is 2. The Kier molecular flexibility index (Phi) is 6.54. The van der Waals surface area contributed by atoms with Crippen LogP contribution in [0.3, 0.4) is 0 Å². The number of benzene rings is 1. The topological polar surface area (TPSA) is 108 Å². The largest absolute Gasteiger partial charge is 0.452 e. The zero-order valence-electron chi connectivity index (χ0n) is 17.7. The first-order chi connectivity index (χ1) is 14.3. The molecule has 8 nitrogen and oxygen atoms in total. The number of nitrogens with zero attached hydrogens (tertiary/aromatic N) is 3. The molecular weight excluding hydrogens is 384 g/mol. The third kappa shape index (κ3) is 4.69. The van der Waals surface area contributed by atoms with Gasteiger partial charge in [-0.3, -0.25) is 14.3 Å². The maximum Gasteiger partial charge on any atom is 0.342 e. The van der Waals surface area contributed by atoms with Crippen molar-refractivity contribution in [3.63, 3.8) is 0 Å². The molecule has 2 aromatic rings. The first-order valence-corrected chi connectivity index (χ1v) is 10.1. The number of hydrogen-bond acceptors (Lipinski definition) is 5. The summed E-state index contributed by atoms with van der Waals surface area (Å²) < 4.78 is 7.03. The molecule has 0 radical (unpaired) electrons. The Hall–Kier alpha value is -3.16. The molecule has 0 unspecified atom stereocenters. The van der Waals surface area contributed by atoms with Crippen LogP contribution >= 0.6 is 0 Å². The lowest BCUT2D eigenvalue weighted by Gasteiger charge is -2.33. The van der Waals surface area contributed by atoms with Crippen molar-refractivity contribution in [1.29, 1.82) is 0 Å². The minimum Gasteiger partial charge on any atom is -0.452 e. The third-order valence-electron chi connectivity index (χ3n) is 5.52. The Bertz CT molecular complexity index is 949. The molecule has 3 rings (SSSR count). The summed E-state index contributed by atoms with van der Waals surface area (Å²) >= 11 is 0. The predicted molar refractivity (Wildman–Crippen MR) is 111 cm³/mol. The molecule has 2 heterocycles. The van der Waals surface area contributed by atoms with E-state index >= 15 is 0 Å². The van der Waals surface area contributed by atoms with Gasteiger partial charge in [0.1, 0.15) is 11.6 Å². The van der Waals surface area contributed by atoms with Crippen molar-refractivity contribution in [1.82, 2.24) is 14.7 Å². The van der Waals surface area contributed by atoms with Crippen molar-refractivity contribution in [3.8, 4) is 0 Å². The van der Waals surface area contributed by atoms with E-state index in [1.54, 1.807) is 18.5 Å². The van der Waals surface area contributed by atoms with Crippen LogP contribution in [-0.2, 0) is 20.9 Å². The van der Waals surface area contributed by atoms with Gasteiger partial charge < -0.3 is 15.4 Å². The van der Waals surface area contributed by atoms with E-state index in [-0.39, 0.29) is 0 Å². The maximum absolute atomic E-state index is 12.7. The normalized spacial score (nSPS) is 16.4. The van der Waals surface area contributed by atoms with Crippen LogP contribution in [0.15, 0.2) is 24.3 Å². The Morgan fingerprint density at radius 2 is 1.83 bits per heavy atom. The molecule has 0 saturated carbocycles. The minimum absolute atomic E-state index is 0.361. The van der Waals surface area contributed by atoms with Gasteiger partial charge in [-0.1, -0.05) is 29.8 Å². The molecule has 2 amide bonds. The summed E-state index contributed by atoms with van der Waals surface area (Å²) in [5, 5.41) is 4.46. The Balaban J connectivity index is 1.66. The summed E-state index contributed by atoms with van der Waals surface area (Å²) in [6, 6.07) is 7.47. The van der Waals surface area contributed by atoms with Gasteiger partial charge in [0.15, 0.2) is 6.61 Å². The lowest BCUT2D eigenvalue weighted by molar-refractivity contribution is -0.143. The summed E-state index contributed by atoms with van der Waals surface area (Å²) in [4.78, 5) is 38.2. The number of esters is 1. The standard InChI is InChI=1S/C22H28N4O4/c1-14-7-9-17(10-8-14)12-26-16(3)20(15(2)24-26)22(29)30-13-19(27)25-11-5-4-6-18(25)21(23)28/h7-10,18H,4-6,11-13H2,1-3H3,(H2,23,28)/t18-/m0/s1. The van der Waals surface area contributed by atoms with E-state index in [1.807, 2.05) is 31.2 Å². The van der Waals surface area contributed by atoms with Gasteiger partial charge in [-0.15, -0.1) is 0 Å². The fourth-order valence-electron chi connectivity index (χ4n) is 3.82. The number of piperidine rings is 1. The highest BCUT2D eigenvalue weighted by molar-refractivity contribution is 5.94. The Morgan fingerprint density at radius 3 is 2.50 bits per heavy atom. The SMILES string of the molecule is Cc1ccc(Cn2nc(C)c(C(=O)OCC(=O)N3CCCC[C@H]3C(N)=O)c2C)cc1. The minimum atomic E-state index is -0.634. The van der Waals surface area contributed by atoms with Crippen molar-refractivity contribution in [2.45, 2.75) is 52.6 Å². The first-order valence-electron chi connectivity index (χ1n) is 10.1. The summed E-state index contributed by atoms with van der Waals surface area (Å²) in [6.07, 6.45) is 2.18. The van der Waals surface area contributed by atoms with Crippen LogP contribution in [0, 0.1) is 20.8 Å². The molecule has 1 fully saturated rings. The number of likely N-dealkylation sites (tertiary alicyclic amines) is 1. The van der Waals surface area contributed by atoms with E-state index in [1.165, 1.54) is 10.5 Å². The van der Waals surface area contributed by atoms with Crippen molar-refractivity contribution >= 4 is 17.8 Å². The average molecular weight is 412 g/mol. The summed E-state index contributed by atoms with van der Waals surface area (Å²) in [6.45, 7) is 6.12. The quantitative estimate of drug-likeness (QED) is 0.729. The number of hydrogen-bond donors (Lipinski definition) is 1. The number of aromatic nitrogens is 2. The molecule has 1 aliphatic heterocycles. The van der Waals surface area contributed by atoms with Crippen LogP contribution in [0.2, 0.25) is 0 Å². The predicted octanol–water partition coefficient (Wildman–Crippen LogP) is 1.88. The van der Waals surface area contributed by atoms with Crippen molar-refractivity contribution in [3.05, 3.63) is 52.3 Å². The lowest BCUT2D eigenvalue weighted by atomic mass is 10.0. The summed E-state index contributed by atoms with van der Waals surface area (Å²) in [7, 11) is 0. The molecule has 1 aromatic heterocycles. The highest BCUT2D eigenvalue weighted by Gasteiger charge is 2.31. The van der Waals surface area contributed by atoms with Crippen molar-refractivity contribution < 1.29 is 19.1 Å². The van der Waals surface area contributed by atoms with E-state index in [2.05, 4.69) is 5.10 Å². The van der Waals surface area contributed by atoms with E-state index in [0.29, 0.717) is 36.5 Å². The fourth-order valence-corrected chi connectivity index (χ4v) is 3.82. The summed E-state index contributed by atoms with van der Waals surface area (Å²) in [5.41, 5.74) is 9.24. The molecule has 160 valence electrons. The number of ether oxygens (including phenoxy) is 1. The van der Waals surface area contributed by atoms with Crippen LogP contribution in [-0.4, -0.2) is 51.7 Å². The smallest absolute Gasteiger partial charge is 0.342 e. The average Bonchev–Trinajstić information content (AvgIpc) is 3.00. The van der Waals surface area contributed by atoms with Gasteiger partial charge in [0.2, 0.25) is 5.91 Å². The second-order valence-corrected chi connectivity index (χ2v) is 7.77. The first kappa shape index (κ1) is 21.5. The maximum atomic E-state index is 12.7. The van der Waals surface area contributed by atoms with Gasteiger partial charge in [-0.05, 0) is 45.6 Å². The van der Waals surface area contributed by atoms with E-state index in [4.69, 9.17) is 10.5 Å². The number of carbonyl (C=O) groups excluding carboxylic acids is 3. The van der Waals surface area contributed by atoms with Crippen LogP contribution in [0.25, 0.3) is 0 Å². The van der Waals surface area contributed by atoms with Gasteiger partial charge in [0.05, 0.1) is 17.9 Å². The fraction of sp³-hybridized carbons (Fsp3) is 0.455. The molecule has 1 aliphatic rings. The number of rotatable bonds is 6. The monoisotopic (exact) mass is 412 g/mol. The number of amides is 2. The van der Waals surface area contributed by atoms with Crippen LogP contribution in [0.1, 0.15) is 52.1 Å². The van der Waals surface area contributed by atoms with Gasteiger partial charge >= 0.3 is 5.97 Å². The molecule has 1 aromatic carbocycles. The van der Waals surface area contributed by atoms with Crippen LogP contribution in [0.5, 0.6) is 0 Å². The molecule has 0 bridgehead atoms. The number of primary amides is 1. The number of carbonyl (C=O) groups is 3. The highest BCUT2D eigenvalue weighted by atomic mass is 16.5. The Morgan fingerprint density at radius 1 is 1.13 bits per heavy atom.